The van der Waals surface area contributed by atoms with E-state index in [1.165, 1.54) is 13.4 Å². The minimum Gasteiger partial charge on any atom is -0.504 e. The van der Waals surface area contributed by atoms with Crippen molar-refractivity contribution in [3.8, 4) is 11.5 Å². The molecule has 0 atom stereocenters. The molecule has 0 aliphatic heterocycles. The summed E-state index contributed by atoms with van der Waals surface area (Å²) in [6.45, 7) is 1.93. The first-order chi connectivity index (χ1) is 10.6. The summed E-state index contributed by atoms with van der Waals surface area (Å²) < 4.78 is 5.10. The molecule has 0 fully saturated rings. The van der Waals surface area contributed by atoms with Gasteiger partial charge < -0.3 is 15.2 Å². The van der Waals surface area contributed by atoms with Crippen LogP contribution in [0.25, 0.3) is 10.9 Å². The molecule has 3 aromatic rings. The van der Waals surface area contributed by atoms with Gasteiger partial charge in [-0.15, -0.1) is 0 Å². The molecule has 112 valence electrons. The number of phenolic OH excluding ortho intramolecular Hbond substituents is 1. The third-order valence-electron chi connectivity index (χ3n) is 3.46. The number of nitrogens with one attached hydrogen (secondary N) is 1. The molecule has 0 saturated carbocycles. The van der Waals surface area contributed by atoms with Crippen LogP contribution >= 0.6 is 11.6 Å². The third-order valence-corrected chi connectivity index (χ3v) is 3.87. The van der Waals surface area contributed by atoms with Gasteiger partial charge in [0, 0.05) is 22.2 Å². The third kappa shape index (κ3) is 2.51. The van der Waals surface area contributed by atoms with Gasteiger partial charge in [-0.3, -0.25) is 0 Å². The van der Waals surface area contributed by atoms with Crippen LogP contribution in [0.15, 0.2) is 36.7 Å². The predicted octanol–water partition coefficient (Wildman–Crippen LogP) is 4.05. The quantitative estimate of drug-likeness (QED) is 0.763. The molecule has 0 bridgehead atoms. The van der Waals surface area contributed by atoms with E-state index >= 15 is 0 Å². The topological polar surface area (TPSA) is 67.3 Å². The fourth-order valence-electron chi connectivity index (χ4n) is 2.21. The van der Waals surface area contributed by atoms with Crippen LogP contribution in [0.2, 0.25) is 5.02 Å². The molecule has 2 N–H and O–H groups in total. The fraction of sp³-hybridized carbons (Fsp3) is 0.125. The van der Waals surface area contributed by atoms with Crippen LogP contribution < -0.4 is 10.1 Å². The molecule has 22 heavy (non-hydrogen) atoms. The van der Waals surface area contributed by atoms with Gasteiger partial charge in [0.1, 0.15) is 12.1 Å². The molecule has 0 unspecified atom stereocenters. The van der Waals surface area contributed by atoms with Crippen molar-refractivity contribution in [3.63, 3.8) is 0 Å². The predicted molar refractivity (Wildman–Crippen MR) is 87.2 cm³/mol. The Kier molecular flexibility index (Phi) is 3.73. The van der Waals surface area contributed by atoms with E-state index in [2.05, 4.69) is 15.3 Å². The van der Waals surface area contributed by atoms with Crippen molar-refractivity contribution in [1.29, 1.82) is 0 Å². The molecule has 0 aliphatic carbocycles. The van der Waals surface area contributed by atoms with Crippen LogP contribution in [0, 0.1) is 6.92 Å². The van der Waals surface area contributed by atoms with Gasteiger partial charge in [0.25, 0.3) is 0 Å². The van der Waals surface area contributed by atoms with Crippen molar-refractivity contribution in [2.75, 3.05) is 12.4 Å². The van der Waals surface area contributed by atoms with Crippen molar-refractivity contribution >= 4 is 34.0 Å². The second-order valence-electron chi connectivity index (χ2n) is 4.80. The Morgan fingerprint density at radius 1 is 1.23 bits per heavy atom. The van der Waals surface area contributed by atoms with Crippen molar-refractivity contribution in [1.82, 2.24) is 9.97 Å². The van der Waals surface area contributed by atoms with E-state index in [0.29, 0.717) is 27.5 Å². The lowest BCUT2D eigenvalue weighted by Crippen LogP contribution is -1.98. The number of rotatable bonds is 3. The highest BCUT2D eigenvalue weighted by molar-refractivity contribution is 6.31. The summed E-state index contributed by atoms with van der Waals surface area (Å²) in [6, 6.07) is 8.86. The number of ether oxygens (including phenoxy) is 1. The highest BCUT2D eigenvalue weighted by Gasteiger charge is 2.11. The minimum atomic E-state index is 0.0377. The maximum absolute atomic E-state index is 9.97. The maximum atomic E-state index is 9.97. The van der Waals surface area contributed by atoms with Crippen LogP contribution in [0.4, 0.5) is 11.5 Å². The van der Waals surface area contributed by atoms with Gasteiger partial charge in [-0.1, -0.05) is 17.7 Å². The first kappa shape index (κ1) is 14.4. The zero-order valence-corrected chi connectivity index (χ0v) is 12.8. The van der Waals surface area contributed by atoms with Crippen LogP contribution in [0.3, 0.4) is 0 Å². The van der Waals surface area contributed by atoms with E-state index in [1.54, 1.807) is 12.1 Å². The molecular weight excluding hydrogens is 302 g/mol. The van der Waals surface area contributed by atoms with Crippen LogP contribution in [0.1, 0.15) is 5.56 Å². The number of methoxy groups -OCH3 is 1. The van der Waals surface area contributed by atoms with E-state index in [-0.39, 0.29) is 5.75 Å². The van der Waals surface area contributed by atoms with E-state index in [9.17, 15) is 5.11 Å². The van der Waals surface area contributed by atoms with Gasteiger partial charge in [0.05, 0.1) is 12.6 Å². The number of hydrogen-bond donors (Lipinski definition) is 2. The second-order valence-corrected chi connectivity index (χ2v) is 5.21. The smallest absolute Gasteiger partial charge is 0.162 e. The largest absolute Gasteiger partial charge is 0.504 e. The van der Waals surface area contributed by atoms with Crippen molar-refractivity contribution in [2.45, 2.75) is 6.92 Å². The maximum Gasteiger partial charge on any atom is 0.162 e. The molecule has 0 aliphatic rings. The molecule has 6 heteroatoms. The molecule has 2 aromatic carbocycles. The van der Waals surface area contributed by atoms with Crippen LogP contribution in [-0.4, -0.2) is 22.2 Å². The summed E-state index contributed by atoms with van der Waals surface area (Å²) in [5, 5.41) is 14.6. The number of aromatic nitrogens is 2. The number of aromatic hydroxyl groups is 1. The Morgan fingerprint density at radius 3 is 2.82 bits per heavy atom. The number of benzene rings is 2. The lowest BCUT2D eigenvalue weighted by molar-refractivity contribution is 0.374. The minimum absolute atomic E-state index is 0.0377. The van der Waals surface area contributed by atoms with Gasteiger partial charge in [-0.2, -0.15) is 0 Å². The fourth-order valence-corrected chi connectivity index (χ4v) is 2.38. The van der Waals surface area contributed by atoms with Crippen LogP contribution in [0.5, 0.6) is 11.5 Å². The summed E-state index contributed by atoms with van der Waals surface area (Å²) in [7, 11) is 1.50. The van der Waals surface area contributed by atoms with Gasteiger partial charge in [0.15, 0.2) is 11.5 Å². The van der Waals surface area contributed by atoms with E-state index < -0.39 is 0 Å². The molecule has 0 spiro atoms. The molecule has 5 nitrogen and oxygen atoms in total. The normalized spacial score (nSPS) is 10.7. The van der Waals surface area contributed by atoms with Gasteiger partial charge in [-0.05, 0) is 30.7 Å². The summed E-state index contributed by atoms with van der Waals surface area (Å²) in [5.41, 5.74) is 2.45. The van der Waals surface area contributed by atoms with E-state index in [1.807, 2.05) is 25.1 Å². The highest BCUT2D eigenvalue weighted by atomic mass is 35.5. The molecule has 0 saturated heterocycles. The first-order valence-corrected chi connectivity index (χ1v) is 7.02. The zero-order chi connectivity index (χ0) is 15.7. The number of fused-ring (bicyclic) bond motifs is 1. The molecule has 3 rings (SSSR count). The Morgan fingerprint density at radius 2 is 2.05 bits per heavy atom. The summed E-state index contributed by atoms with van der Waals surface area (Å²) in [6.07, 6.45) is 1.46. The summed E-state index contributed by atoms with van der Waals surface area (Å²) >= 11 is 6.13. The molecule has 0 radical (unpaired) electrons. The number of nitrogens with zero attached hydrogens (tertiary/aromatic N) is 2. The SMILES string of the molecule is COc1cc2ncnc(Nc3cccc(Cl)c3C)c2cc1O. The Balaban J connectivity index is 2.11. The second kappa shape index (κ2) is 5.69. The van der Waals surface area contributed by atoms with Crippen molar-refractivity contribution in [3.05, 3.63) is 47.2 Å². The van der Waals surface area contributed by atoms with E-state index in [0.717, 1.165) is 11.3 Å². The summed E-state index contributed by atoms with van der Waals surface area (Å²) in [4.78, 5) is 8.46. The molecule has 1 heterocycles. The van der Waals surface area contributed by atoms with E-state index in [4.69, 9.17) is 16.3 Å². The number of halogens is 1. The van der Waals surface area contributed by atoms with Crippen LogP contribution in [-0.2, 0) is 0 Å². The zero-order valence-electron chi connectivity index (χ0n) is 12.1. The van der Waals surface area contributed by atoms with Gasteiger partial charge in [0.2, 0.25) is 0 Å². The Hall–Kier alpha value is -2.53. The number of hydrogen-bond acceptors (Lipinski definition) is 5. The monoisotopic (exact) mass is 315 g/mol. The van der Waals surface area contributed by atoms with Crippen molar-refractivity contribution in [2.24, 2.45) is 0 Å². The Labute approximate surface area is 132 Å². The standard InChI is InChI=1S/C16H14ClN3O2/c1-9-11(17)4-3-5-12(9)20-16-10-6-14(21)15(22-2)7-13(10)18-8-19-16/h3-8,21H,1-2H3,(H,18,19,20). The lowest BCUT2D eigenvalue weighted by atomic mass is 10.1. The molecule has 0 amide bonds. The molecule has 1 aromatic heterocycles. The Bertz CT molecular complexity index is 852. The highest BCUT2D eigenvalue weighted by Crippen LogP contribution is 2.34. The van der Waals surface area contributed by atoms with Gasteiger partial charge in [-0.25, -0.2) is 9.97 Å². The van der Waals surface area contributed by atoms with Gasteiger partial charge >= 0.3 is 0 Å². The molecular formula is C16H14ClN3O2. The first-order valence-electron chi connectivity index (χ1n) is 6.64. The summed E-state index contributed by atoms with van der Waals surface area (Å²) in [5.74, 6) is 1.00. The average Bonchev–Trinajstić information content (AvgIpc) is 2.52. The average molecular weight is 316 g/mol. The van der Waals surface area contributed by atoms with Crippen molar-refractivity contribution < 1.29 is 9.84 Å². The number of anilines is 2. The number of phenols is 1. The lowest BCUT2D eigenvalue weighted by Gasteiger charge is -2.12.